The average molecular weight is 215 g/mol. The molecular weight excluding hydrogens is 198 g/mol. The quantitative estimate of drug-likeness (QED) is 0.697. The minimum absolute atomic E-state index is 0.272. The van der Waals surface area contributed by atoms with E-state index in [9.17, 15) is 0 Å². The van der Waals surface area contributed by atoms with Crippen LogP contribution in [0.25, 0.3) is 0 Å². The Balaban J connectivity index is 2.30. The Bertz CT molecular complexity index is 252. The van der Waals surface area contributed by atoms with Gasteiger partial charge in [-0.25, -0.2) is 9.67 Å². The summed E-state index contributed by atoms with van der Waals surface area (Å²) >= 11 is 1.79. The van der Waals surface area contributed by atoms with Gasteiger partial charge in [0.15, 0.2) is 0 Å². The zero-order valence-electron chi connectivity index (χ0n) is 8.52. The van der Waals surface area contributed by atoms with Crippen LogP contribution in [-0.2, 0) is 12.3 Å². The van der Waals surface area contributed by atoms with Gasteiger partial charge in [-0.15, -0.1) is 0 Å². The van der Waals surface area contributed by atoms with Crippen LogP contribution in [0.4, 0.5) is 0 Å². The van der Waals surface area contributed by atoms with E-state index in [4.69, 9.17) is 5.11 Å². The molecule has 14 heavy (non-hydrogen) atoms. The van der Waals surface area contributed by atoms with Crippen molar-refractivity contribution in [2.45, 2.75) is 32.1 Å². The van der Waals surface area contributed by atoms with Crippen LogP contribution in [-0.4, -0.2) is 32.2 Å². The largest absolute Gasteiger partial charge is 0.396 e. The summed E-state index contributed by atoms with van der Waals surface area (Å²) in [5.41, 5.74) is 0. The lowest BCUT2D eigenvalue weighted by Crippen LogP contribution is -2.04. The second-order valence-corrected chi connectivity index (χ2v) is 4.13. The van der Waals surface area contributed by atoms with Crippen LogP contribution >= 0.6 is 11.8 Å². The second-order valence-electron chi connectivity index (χ2n) is 3.03. The summed E-state index contributed by atoms with van der Waals surface area (Å²) in [6, 6.07) is 0. The van der Waals surface area contributed by atoms with Crippen molar-refractivity contribution in [2.75, 3.05) is 12.4 Å². The molecule has 0 atom stereocenters. The highest BCUT2D eigenvalue weighted by Crippen LogP contribution is 2.10. The average Bonchev–Trinajstić information content (AvgIpc) is 2.61. The molecule has 1 rings (SSSR count). The van der Waals surface area contributed by atoms with E-state index >= 15 is 0 Å². The van der Waals surface area contributed by atoms with Crippen molar-refractivity contribution in [1.82, 2.24) is 14.8 Å². The van der Waals surface area contributed by atoms with Crippen molar-refractivity contribution in [3.63, 3.8) is 0 Å². The van der Waals surface area contributed by atoms with Crippen molar-refractivity contribution in [3.8, 4) is 0 Å². The van der Waals surface area contributed by atoms with Crippen LogP contribution in [0, 0.1) is 0 Å². The van der Waals surface area contributed by atoms with E-state index in [2.05, 4.69) is 17.0 Å². The van der Waals surface area contributed by atoms with Gasteiger partial charge < -0.3 is 5.11 Å². The molecule has 0 aliphatic carbocycles. The van der Waals surface area contributed by atoms with E-state index < -0.39 is 0 Å². The second kappa shape index (κ2) is 6.84. The molecule has 1 aromatic rings. The number of hydrogen-bond donors (Lipinski definition) is 1. The van der Waals surface area contributed by atoms with Crippen molar-refractivity contribution in [3.05, 3.63) is 12.2 Å². The molecule has 1 aromatic heterocycles. The first kappa shape index (κ1) is 11.5. The van der Waals surface area contributed by atoms with Gasteiger partial charge in [0.25, 0.3) is 0 Å². The summed E-state index contributed by atoms with van der Waals surface area (Å²) in [5.74, 6) is 2.91. The molecule has 4 nitrogen and oxygen atoms in total. The van der Waals surface area contributed by atoms with Gasteiger partial charge in [-0.05, 0) is 18.6 Å². The number of aliphatic hydroxyl groups excluding tert-OH is 1. The highest BCUT2D eigenvalue weighted by Gasteiger charge is 2.02. The first-order valence-corrected chi connectivity index (χ1v) is 6.09. The van der Waals surface area contributed by atoms with Gasteiger partial charge in [-0.1, -0.05) is 6.92 Å². The van der Waals surface area contributed by atoms with Gasteiger partial charge in [-0.2, -0.15) is 16.9 Å². The van der Waals surface area contributed by atoms with Crippen LogP contribution in [0.3, 0.4) is 0 Å². The zero-order chi connectivity index (χ0) is 10.2. The molecule has 0 unspecified atom stereocenters. The standard InChI is InChI=1S/C9H17N3OS/c1-2-4-12-9(10-8-11-12)7-14-6-3-5-13/h8,13H,2-7H2,1H3. The number of thioether (sulfide) groups is 1. The molecule has 0 aliphatic rings. The molecule has 0 saturated carbocycles. The number of aromatic nitrogens is 3. The van der Waals surface area contributed by atoms with E-state index in [-0.39, 0.29) is 6.61 Å². The molecular formula is C9H17N3OS. The van der Waals surface area contributed by atoms with Gasteiger partial charge in [-0.3, -0.25) is 0 Å². The lowest BCUT2D eigenvalue weighted by molar-refractivity contribution is 0.296. The Kier molecular flexibility index (Phi) is 5.63. The Labute approximate surface area is 88.7 Å². The lowest BCUT2D eigenvalue weighted by atomic mass is 10.5. The molecule has 0 aromatic carbocycles. The molecule has 1 heterocycles. The number of aliphatic hydroxyl groups is 1. The maximum absolute atomic E-state index is 8.62. The Morgan fingerprint density at radius 2 is 2.43 bits per heavy atom. The zero-order valence-corrected chi connectivity index (χ0v) is 9.33. The van der Waals surface area contributed by atoms with Gasteiger partial charge in [0.2, 0.25) is 0 Å². The fourth-order valence-electron chi connectivity index (χ4n) is 1.13. The third-order valence-corrected chi connectivity index (χ3v) is 2.85. The molecule has 0 saturated heterocycles. The maximum Gasteiger partial charge on any atom is 0.138 e. The molecule has 0 spiro atoms. The van der Waals surface area contributed by atoms with E-state index in [1.165, 1.54) is 0 Å². The highest BCUT2D eigenvalue weighted by atomic mass is 32.2. The third kappa shape index (κ3) is 3.67. The van der Waals surface area contributed by atoms with E-state index in [0.717, 1.165) is 36.7 Å². The number of aryl methyl sites for hydroxylation is 1. The van der Waals surface area contributed by atoms with Crippen LogP contribution < -0.4 is 0 Å². The monoisotopic (exact) mass is 215 g/mol. The SMILES string of the molecule is CCCn1ncnc1CSCCCO. The lowest BCUT2D eigenvalue weighted by Gasteiger charge is -2.03. The third-order valence-electron chi connectivity index (χ3n) is 1.81. The summed E-state index contributed by atoms with van der Waals surface area (Å²) in [5, 5.41) is 12.8. The molecule has 0 radical (unpaired) electrons. The van der Waals surface area contributed by atoms with Crippen LogP contribution in [0.1, 0.15) is 25.6 Å². The number of nitrogens with zero attached hydrogens (tertiary/aromatic N) is 3. The van der Waals surface area contributed by atoms with Gasteiger partial charge >= 0.3 is 0 Å². The summed E-state index contributed by atoms with van der Waals surface area (Å²) in [7, 11) is 0. The van der Waals surface area contributed by atoms with Crippen molar-refractivity contribution >= 4 is 11.8 Å². The summed E-state index contributed by atoms with van der Waals surface area (Å²) in [6.07, 6.45) is 3.54. The van der Waals surface area contributed by atoms with Gasteiger partial charge in [0.1, 0.15) is 12.2 Å². The van der Waals surface area contributed by atoms with Crippen LogP contribution in [0.5, 0.6) is 0 Å². The molecule has 0 amide bonds. The predicted octanol–water partition coefficient (Wildman–Crippen LogP) is 1.30. The first-order valence-electron chi connectivity index (χ1n) is 4.93. The van der Waals surface area contributed by atoms with Crippen molar-refractivity contribution in [1.29, 1.82) is 0 Å². The minimum Gasteiger partial charge on any atom is -0.396 e. The smallest absolute Gasteiger partial charge is 0.138 e. The van der Waals surface area contributed by atoms with E-state index in [1.807, 2.05) is 4.68 Å². The fraction of sp³-hybridized carbons (Fsp3) is 0.778. The first-order chi connectivity index (χ1) is 6.88. The Morgan fingerprint density at radius 3 is 3.14 bits per heavy atom. The normalized spacial score (nSPS) is 10.7. The Hall–Kier alpha value is -0.550. The van der Waals surface area contributed by atoms with E-state index in [0.29, 0.717) is 0 Å². The molecule has 0 bridgehead atoms. The molecule has 0 aliphatic heterocycles. The maximum atomic E-state index is 8.62. The molecule has 5 heteroatoms. The summed E-state index contributed by atoms with van der Waals surface area (Å²) < 4.78 is 1.95. The van der Waals surface area contributed by atoms with Gasteiger partial charge in [0.05, 0.1) is 5.75 Å². The van der Waals surface area contributed by atoms with Crippen molar-refractivity contribution < 1.29 is 5.11 Å². The Morgan fingerprint density at radius 1 is 1.57 bits per heavy atom. The summed E-state index contributed by atoms with van der Waals surface area (Å²) in [6.45, 7) is 3.34. The van der Waals surface area contributed by atoms with Crippen molar-refractivity contribution in [2.24, 2.45) is 0 Å². The van der Waals surface area contributed by atoms with Gasteiger partial charge in [0, 0.05) is 13.2 Å². The molecule has 80 valence electrons. The fourth-order valence-corrected chi connectivity index (χ4v) is 2.01. The van der Waals surface area contributed by atoms with Crippen LogP contribution in [0.2, 0.25) is 0 Å². The highest BCUT2D eigenvalue weighted by molar-refractivity contribution is 7.98. The molecule has 0 fully saturated rings. The summed E-state index contributed by atoms with van der Waals surface area (Å²) in [4.78, 5) is 4.20. The van der Waals surface area contributed by atoms with E-state index in [1.54, 1.807) is 18.1 Å². The topological polar surface area (TPSA) is 50.9 Å². The van der Waals surface area contributed by atoms with Crippen LogP contribution in [0.15, 0.2) is 6.33 Å². The number of hydrogen-bond acceptors (Lipinski definition) is 4. The predicted molar refractivity (Wildman–Crippen MR) is 58.2 cm³/mol. The minimum atomic E-state index is 0.272. The number of rotatable bonds is 7. The molecule has 1 N–H and O–H groups in total.